The molecule has 1 saturated carbocycles. The van der Waals surface area contributed by atoms with E-state index in [4.69, 9.17) is 4.74 Å². The number of ether oxygens (including phenoxy) is 1. The van der Waals surface area contributed by atoms with Gasteiger partial charge in [0.1, 0.15) is 17.5 Å². The van der Waals surface area contributed by atoms with Crippen molar-refractivity contribution in [1.29, 1.82) is 5.26 Å². The van der Waals surface area contributed by atoms with Gasteiger partial charge in [0, 0.05) is 30.6 Å². The van der Waals surface area contributed by atoms with Gasteiger partial charge in [-0.3, -0.25) is 14.4 Å². The number of aliphatic hydroxyl groups excluding tert-OH is 1. The van der Waals surface area contributed by atoms with E-state index in [9.17, 15) is 24.8 Å². The van der Waals surface area contributed by atoms with Gasteiger partial charge in [0.05, 0.1) is 35.4 Å². The molecule has 2 aliphatic rings. The number of benzene rings is 1. The van der Waals surface area contributed by atoms with Crippen molar-refractivity contribution < 1.29 is 28.6 Å². The van der Waals surface area contributed by atoms with Gasteiger partial charge in [-0.15, -0.1) is 11.3 Å². The van der Waals surface area contributed by atoms with Crippen LogP contribution >= 0.6 is 11.3 Å². The van der Waals surface area contributed by atoms with Crippen molar-refractivity contribution >= 4 is 29.1 Å². The summed E-state index contributed by atoms with van der Waals surface area (Å²) in [6, 6.07) is 3.30. The molecule has 0 bridgehead atoms. The third kappa shape index (κ3) is 5.67. The van der Waals surface area contributed by atoms with Gasteiger partial charge in [0.25, 0.3) is 0 Å². The van der Waals surface area contributed by atoms with Gasteiger partial charge in [0.2, 0.25) is 17.7 Å². The summed E-state index contributed by atoms with van der Waals surface area (Å²) >= 11 is 1.31. The molecule has 4 rings (SSSR count). The van der Waals surface area contributed by atoms with Crippen LogP contribution < -0.4 is 15.4 Å². The second kappa shape index (κ2) is 11.1. The van der Waals surface area contributed by atoms with Crippen molar-refractivity contribution in [3.8, 4) is 22.3 Å². The molecule has 0 spiro atoms. The molecule has 1 aromatic heterocycles. The van der Waals surface area contributed by atoms with E-state index >= 15 is 4.39 Å². The van der Waals surface area contributed by atoms with Gasteiger partial charge in [-0.25, -0.2) is 9.37 Å². The number of methoxy groups -OCH3 is 1. The smallest absolute Gasteiger partial charge is 0.246 e. The minimum Gasteiger partial charge on any atom is -0.493 e. The van der Waals surface area contributed by atoms with Crippen LogP contribution in [0.25, 0.3) is 10.4 Å². The minimum absolute atomic E-state index is 0.00741. The number of nitriles is 1. The SMILES string of the molecule is COc1c(CNC(=O)[C@@H]2C[C@@H](O)CN2C(=O)[C@@H](NC(=O)C2(C#N)CC2)C(C)(C)C)ccc(-c2scnc2C)c1F. The van der Waals surface area contributed by atoms with Gasteiger partial charge in [-0.1, -0.05) is 26.8 Å². The standard InChI is InChI=1S/C28H34FN5O5S/c1-15-22(40-14-32-15)18-7-6-16(21(39-5)20(18)29)11-31-24(36)19-10-17(35)12-34(19)25(37)23(27(2,3)4)33-26(38)28(13-30)8-9-28/h6-7,14,17,19,23,35H,8-12H2,1-5H3,(H,31,36)(H,33,38)/t17-,19+,23-/m1/s1. The van der Waals surface area contributed by atoms with E-state index in [2.05, 4.69) is 15.6 Å². The first-order valence-corrected chi connectivity index (χ1v) is 13.9. The second-order valence-electron chi connectivity index (χ2n) is 11.5. The number of nitrogens with one attached hydrogen (secondary N) is 2. The number of amides is 3. The Morgan fingerprint density at radius 1 is 1.35 bits per heavy atom. The summed E-state index contributed by atoms with van der Waals surface area (Å²) in [5.41, 5.74) is 1.24. The Bertz CT molecular complexity index is 1360. The van der Waals surface area contributed by atoms with E-state index in [1.54, 1.807) is 45.3 Å². The number of hydrogen-bond acceptors (Lipinski definition) is 8. The number of β-amino-alcohol motifs (C(OH)–C–C–N with tert-alkyl or cyclic N) is 1. The van der Waals surface area contributed by atoms with E-state index < -0.39 is 52.6 Å². The topological polar surface area (TPSA) is 145 Å². The fourth-order valence-electron chi connectivity index (χ4n) is 4.90. The van der Waals surface area contributed by atoms with Crippen molar-refractivity contribution in [2.75, 3.05) is 13.7 Å². The molecule has 214 valence electrons. The normalized spacial score (nSPS) is 20.4. The fraction of sp³-hybridized carbons (Fsp3) is 0.536. The lowest BCUT2D eigenvalue weighted by molar-refractivity contribution is -0.144. The molecule has 3 N–H and O–H groups in total. The van der Waals surface area contributed by atoms with Crippen LogP contribution in [-0.2, 0) is 20.9 Å². The highest BCUT2D eigenvalue weighted by molar-refractivity contribution is 7.13. The van der Waals surface area contributed by atoms with E-state index in [0.717, 1.165) is 0 Å². The number of thiazole rings is 1. The predicted octanol–water partition coefficient (Wildman–Crippen LogP) is 2.68. The lowest BCUT2D eigenvalue weighted by atomic mass is 9.85. The molecule has 40 heavy (non-hydrogen) atoms. The summed E-state index contributed by atoms with van der Waals surface area (Å²) in [6.45, 7) is 6.98. The fourth-order valence-corrected chi connectivity index (χ4v) is 5.72. The zero-order valence-electron chi connectivity index (χ0n) is 23.2. The molecular formula is C28H34FN5O5S. The molecule has 2 heterocycles. The summed E-state index contributed by atoms with van der Waals surface area (Å²) in [6.07, 6.45) is -0.0517. The quantitative estimate of drug-likeness (QED) is 0.442. The molecule has 2 fully saturated rings. The monoisotopic (exact) mass is 571 g/mol. The molecule has 3 amide bonds. The highest BCUT2D eigenvalue weighted by atomic mass is 32.1. The van der Waals surface area contributed by atoms with Crippen molar-refractivity contribution in [2.45, 2.75) is 71.7 Å². The summed E-state index contributed by atoms with van der Waals surface area (Å²) in [7, 11) is 1.35. The first kappa shape index (κ1) is 29.4. The maximum absolute atomic E-state index is 15.3. The Hall–Kier alpha value is -3.56. The number of aromatic nitrogens is 1. The van der Waals surface area contributed by atoms with Crippen LogP contribution in [0.4, 0.5) is 4.39 Å². The molecule has 12 heteroatoms. The lowest BCUT2D eigenvalue weighted by Gasteiger charge is -2.35. The van der Waals surface area contributed by atoms with E-state index in [1.807, 2.05) is 6.07 Å². The Balaban J connectivity index is 1.50. The maximum atomic E-state index is 15.3. The zero-order chi connectivity index (χ0) is 29.4. The van der Waals surface area contributed by atoms with Gasteiger partial charge in [-0.05, 0) is 31.2 Å². The molecular weight excluding hydrogens is 537 g/mol. The van der Waals surface area contributed by atoms with Crippen LogP contribution in [0.3, 0.4) is 0 Å². The minimum atomic E-state index is -1.12. The average Bonchev–Trinajstić information content (AvgIpc) is 3.45. The third-order valence-corrected chi connectivity index (χ3v) is 8.44. The van der Waals surface area contributed by atoms with Crippen molar-refractivity contribution in [3.05, 3.63) is 34.7 Å². The molecule has 2 aromatic rings. The van der Waals surface area contributed by atoms with Crippen LogP contribution in [0.15, 0.2) is 17.6 Å². The van der Waals surface area contributed by atoms with Crippen LogP contribution in [0.1, 0.15) is 51.3 Å². The first-order valence-electron chi connectivity index (χ1n) is 13.1. The Morgan fingerprint density at radius 3 is 2.60 bits per heavy atom. The largest absolute Gasteiger partial charge is 0.493 e. The summed E-state index contributed by atoms with van der Waals surface area (Å²) in [5.74, 6) is -2.12. The molecule has 1 aromatic carbocycles. The molecule has 10 nitrogen and oxygen atoms in total. The van der Waals surface area contributed by atoms with Crippen LogP contribution in [0, 0.1) is 34.9 Å². The van der Waals surface area contributed by atoms with Crippen molar-refractivity contribution in [2.24, 2.45) is 10.8 Å². The number of nitrogens with zero attached hydrogens (tertiary/aromatic N) is 3. The van der Waals surface area contributed by atoms with E-state index in [-0.39, 0.29) is 25.3 Å². The number of aliphatic hydroxyl groups is 1. The molecule has 3 atom stereocenters. The number of likely N-dealkylation sites (tertiary alicyclic amines) is 1. The molecule has 1 saturated heterocycles. The average molecular weight is 572 g/mol. The Morgan fingerprint density at radius 2 is 2.05 bits per heavy atom. The van der Waals surface area contributed by atoms with Gasteiger partial charge in [0.15, 0.2) is 11.6 Å². The highest BCUT2D eigenvalue weighted by Crippen LogP contribution is 2.45. The van der Waals surface area contributed by atoms with Crippen LogP contribution in [-0.4, -0.2) is 64.6 Å². The third-order valence-electron chi connectivity index (χ3n) is 7.48. The molecule has 0 radical (unpaired) electrons. The summed E-state index contributed by atoms with van der Waals surface area (Å²) in [4.78, 5) is 45.9. The molecule has 0 unspecified atom stereocenters. The number of rotatable bonds is 8. The van der Waals surface area contributed by atoms with E-state index in [0.29, 0.717) is 34.5 Å². The van der Waals surface area contributed by atoms with Crippen molar-refractivity contribution in [1.82, 2.24) is 20.5 Å². The summed E-state index contributed by atoms with van der Waals surface area (Å²) in [5, 5.41) is 25.3. The number of halogens is 1. The number of carbonyl (C=O) groups is 3. The van der Waals surface area contributed by atoms with Crippen LogP contribution in [0.2, 0.25) is 0 Å². The Kier molecular flexibility index (Phi) is 8.19. The van der Waals surface area contributed by atoms with Crippen LogP contribution in [0.5, 0.6) is 5.75 Å². The number of aryl methyl sites for hydroxylation is 1. The first-order chi connectivity index (χ1) is 18.8. The zero-order valence-corrected chi connectivity index (χ0v) is 24.0. The maximum Gasteiger partial charge on any atom is 0.246 e. The predicted molar refractivity (Wildman–Crippen MR) is 145 cm³/mol. The lowest BCUT2D eigenvalue weighted by Crippen LogP contribution is -2.58. The van der Waals surface area contributed by atoms with E-state index in [1.165, 1.54) is 23.3 Å². The molecule has 1 aliphatic carbocycles. The number of hydrogen-bond donors (Lipinski definition) is 3. The molecule has 1 aliphatic heterocycles. The van der Waals surface area contributed by atoms with Gasteiger partial charge >= 0.3 is 0 Å². The highest BCUT2D eigenvalue weighted by Gasteiger charge is 2.53. The summed E-state index contributed by atoms with van der Waals surface area (Å²) < 4.78 is 20.7. The Labute approximate surface area is 236 Å². The van der Waals surface area contributed by atoms with Crippen molar-refractivity contribution in [3.63, 3.8) is 0 Å². The van der Waals surface area contributed by atoms with Gasteiger partial charge in [-0.2, -0.15) is 5.26 Å². The number of carbonyl (C=O) groups excluding carboxylic acids is 3. The van der Waals surface area contributed by atoms with Gasteiger partial charge < -0.3 is 25.4 Å². The second-order valence-corrected chi connectivity index (χ2v) is 12.3.